The SMILES string of the molecule is CCOP(=S)(OCC)SCSc1cc(Cl)ccc1Cl.Cl. The molecule has 1 aromatic carbocycles. The molecule has 0 N–H and O–H groups in total. The van der Waals surface area contributed by atoms with Crippen LogP contribution in [0.5, 0.6) is 0 Å². The fraction of sp³-hybridized carbons (Fsp3) is 0.455. The molecule has 0 heterocycles. The van der Waals surface area contributed by atoms with Gasteiger partial charge in [-0.05, 0) is 43.9 Å². The first-order chi connectivity index (χ1) is 9.00. The van der Waals surface area contributed by atoms with E-state index in [1.165, 1.54) is 11.4 Å². The van der Waals surface area contributed by atoms with Gasteiger partial charge in [-0.25, -0.2) is 0 Å². The third-order valence-corrected chi connectivity index (χ3v) is 9.69. The zero-order chi connectivity index (χ0) is 14.3. The van der Waals surface area contributed by atoms with Crippen molar-refractivity contribution in [3.63, 3.8) is 0 Å². The second-order valence-electron chi connectivity index (χ2n) is 3.25. The van der Waals surface area contributed by atoms with Gasteiger partial charge in [0.15, 0.2) is 0 Å². The van der Waals surface area contributed by atoms with Crippen LogP contribution in [0, 0.1) is 0 Å². The van der Waals surface area contributed by atoms with E-state index in [2.05, 4.69) is 0 Å². The Labute approximate surface area is 150 Å². The van der Waals surface area contributed by atoms with Crippen molar-refractivity contribution in [1.29, 1.82) is 0 Å². The molecular formula is C11H16Cl3O2PS3. The Bertz CT molecular complexity index is 453. The van der Waals surface area contributed by atoms with Gasteiger partial charge < -0.3 is 9.05 Å². The zero-order valence-corrected chi connectivity index (χ0v) is 16.7. The first-order valence-electron chi connectivity index (χ1n) is 5.62. The smallest absolute Gasteiger partial charge is 0.248 e. The van der Waals surface area contributed by atoms with Crippen molar-refractivity contribution in [1.82, 2.24) is 0 Å². The summed E-state index contributed by atoms with van der Waals surface area (Å²) in [6.07, 6.45) is 0. The van der Waals surface area contributed by atoms with Gasteiger partial charge >= 0.3 is 0 Å². The van der Waals surface area contributed by atoms with Gasteiger partial charge in [0.1, 0.15) is 0 Å². The van der Waals surface area contributed by atoms with Crippen molar-refractivity contribution in [2.24, 2.45) is 0 Å². The molecule has 0 saturated heterocycles. The van der Waals surface area contributed by atoms with E-state index in [1.807, 2.05) is 19.9 Å². The predicted octanol–water partition coefficient (Wildman–Crippen LogP) is 6.50. The Morgan fingerprint density at radius 1 is 1.20 bits per heavy atom. The Balaban J connectivity index is 0.00000361. The van der Waals surface area contributed by atoms with Crippen LogP contribution in [0.25, 0.3) is 0 Å². The molecule has 2 nitrogen and oxygen atoms in total. The minimum absolute atomic E-state index is 0. The van der Waals surface area contributed by atoms with E-state index in [4.69, 9.17) is 44.1 Å². The average molecular weight is 414 g/mol. The van der Waals surface area contributed by atoms with Crippen molar-refractivity contribution in [2.45, 2.75) is 18.7 Å². The number of thioether (sulfide) groups is 1. The van der Waals surface area contributed by atoms with Crippen LogP contribution in [0.4, 0.5) is 0 Å². The van der Waals surface area contributed by atoms with Gasteiger partial charge in [0.25, 0.3) is 0 Å². The summed E-state index contributed by atoms with van der Waals surface area (Å²) in [4.78, 5) is 0.941. The topological polar surface area (TPSA) is 18.5 Å². The lowest BCUT2D eigenvalue weighted by Crippen LogP contribution is -1.92. The van der Waals surface area contributed by atoms with Crippen molar-refractivity contribution in [2.75, 3.05) is 18.3 Å². The molecular weight excluding hydrogens is 398 g/mol. The van der Waals surface area contributed by atoms with Crippen LogP contribution in [0.3, 0.4) is 0 Å². The standard InChI is InChI=1S/C11H15Cl2O2PS3.ClH/c1-3-14-16(17,15-4-2)19-8-18-11-7-9(12)5-6-10(11)13;/h5-7H,3-4,8H2,1-2H3;1H. The molecule has 1 aromatic rings. The van der Waals surface area contributed by atoms with Crippen LogP contribution in [0.15, 0.2) is 23.1 Å². The Hall–Kier alpha value is 1.36. The molecule has 0 spiro atoms. The summed E-state index contributed by atoms with van der Waals surface area (Å²) in [6, 6.07) is 5.41. The first kappa shape index (κ1) is 21.4. The monoisotopic (exact) mass is 412 g/mol. The molecule has 0 radical (unpaired) electrons. The van der Waals surface area contributed by atoms with Crippen LogP contribution in [-0.4, -0.2) is 18.3 Å². The summed E-state index contributed by atoms with van der Waals surface area (Å²) in [5.74, 6) is 0. The summed E-state index contributed by atoms with van der Waals surface area (Å²) in [5.41, 5.74) is -2.23. The largest absolute Gasteiger partial charge is 0.322 e. The van der Waals surface area contributed by atoms with Gasteiger partial charge in [0.2, 0.25) is 5.69 Å². The lowest BCUT2D eigenvalue weighted by Gasteiger charge is -2.19. The fourth-order valence-electron chi connectivity index (χ4n) is 1.17. The molecule has 0 aliphatic rings. The highest BCUT2D eigenvalue weighted by molar-refractivity contribution is 8.69. The second-order valence-corrected chi connectivity index (χ2v) is 11.8. The van der Waals surface area contributed by atoms with Gasteiger partial charge in [-0.2, -0.15) is 0 Å². The van der Waals surface area contributed by atoms with Crippen molar-refractivity contribution >= 4 is 76.3 Å². The van der Waals surface area contributed by atoms with E-state index in [0.29, 0.717) is 23.3 Å². The van der Waals surface area contributed by atoms with Crippen LogP contribution < -0.4 is 0 Å². The number of hydrogen-bond donors (Lipinski definition) is 0. The minimum atomic E-state index is -2.23. The van der Waals surface area contributed by atoms with Gasteiger partial charge in [-0.1, -0.05) is 34.6 Å². The quantitative estimate of drug-likeness (QED) is 0.274. The van der Waals surface area contributed by atoms with E-state index < -0.39 is 5.69 Å². The number of benzene rings is 1. The maximum atomic E-state index is 6.10. The minimum Gasteiger partial charge on any atom is -0.322 e. The molecule has 0 bridgehead atoms. The van der Waals surface area contributed by atoms with Gasteiger partial charge in [-0.3, -0.25) is 0 Å². The molecule has 0 amide bonds. The van der Waals surface area contributed by atoms with E-state index in [0.717, 1.165) is 9.98 Å². The molecule has 0 aliphatic heterocycles. The van der Waals surface area contributed by atoms with Crippen LogP contribution in [-0.2, 0) is 20.9 Å². The summed E-state index contributed by atoms with van der Waals surface area (Å²) in [6.45, 7) is 4.96. The lowest BCUT2D eigenvalue weighted by molar-refractivity contribution is 0.280. The molecule has 0 unspecified atom stereocenters. The van der Waals surface area contributed by atoms with Crippen LogP contribution >= 0.6 is 64.4 Å². The van der Waals surface area contributed by atoms with E-state index in [1.54, 1.807) is 23.9 Å². The predicted molar refractivity (Wildman–Crippen MR) is 99.6 cm³/mol. The molecule has 0 aliphatic carbocycles. The highest BCUT2D eigenvalue weighted by Gasteiger charge is 2.18. The number of rotatable bonds is 8. The Morgan fingerprint density at radius 2 is 1.80 bits per heavy atom. The molecule has 116 valence electrons. The van der Waals surface area contributed by atoms with Crippen molar-refractivity contribution in [3.05, 3.63) is 28.2 Å². The molecule has 20 heavy (non-hydrogen) atoms. The maximum absolute atomic E-state index is 6.10. The van der Waals surface area contributed by atoms with Gasteiger partial charge in [0.05, 0.1) is 23.3 Å². The molecule has 0 fully saturated rings. The van der Waals surface area contributed by atoms with Crippen molar-refractivity contribution in [3.8, 4) is 0 Å². The highest BCUT2D eigenvalue weighted by Crippen LogP contribution is 2.62. The van der Waals surface area contributed by atoms with Crippen molar-refractivity contribution < 1.29 is 9.05 Å². The first-order valence-corrected chi connectivity index (χ1v) is 11.6. The molecule has 0 atom stereocenters. The summed E-state index contributed by atoms with van der Waals surface area (Å²) < 4.78 is 11.1. The Kier molecular flexibility index (Phi) is 11.7. The van der Waals surface area contributed by atoms with Gasteiger partial charge in [-0.15, -0.1) is 24.2 Å². The third-order valence-electron chi connectivity index (χ3n) is 1.89. The molecule has 0 aromatic heterocycles. The highest BCUT2D eigenvalue weighted by atomic mass is 35.5. The summed E-state index contributed by atoms with van der Waals surface area (Å²) in [7, 11) is 0. The lowest BCUT2D eigenvalue weighted by atomic mass is 10.4. The van der Waals surface area contributed by atoms with Gasteiger partial charge in [0, 0.05) is 9.92 Å². The van der Waals surface area contributed by atoms with E-state index >= 15 is 0 Å². The number of halogens is 3. The third kappa shape index (κ3) is 7.57. The van der Waals surface area contributed by atoms with Crippen LogP contribution in [0.2, 0.25) is 10.0 Å². The normalized spacial score (nSPS) is 11.2. The molecule has 9 heteroatoms. The molecule has 0 saturated carbocycles. The average Bonchev–Trinajstić information content (AvgIpc) is 2.34. The van der Waals surface area contributed by atoms with Crippen LogP contribution in [0.1, 0.15) is 13.8 Å². The zero-order valence-electron chi connectivity index (χ0n) is 11.0. The number of hydrogen-bond acceptors (Lipinski definition) is 5. The second kappa shape index (κ2) is 11.0. The Morgan fingerprint density at radius 3 is 2.35 bits per heavy atom. The van der Waals surface area contributed by atoms with E-state index in [9.17, 15) is 0 Å². The summed E-state index contributed by atoms with van der Waals surface area (Å²) >= 11 is 20.6. The maximum Gasteiger partial charge on any atom is 0.248 e. The summed E-state index contributed by atoms with van der Waals surface area (Å²) in [5, 5.41) is 2.08. The molecule has 1 rings (SSSR count). The fourth-order valence-corrected chi connectivity index (χ4v) is 8.71. The van der Waals surface area contributed by atoms with E-state index in [-0.39, 0.29) is 12.4 Å².